The van der Waals surface area contributed by atoms with Gasteiger partial charge in [0.1, 0.15) is 7.85 Å². The van der Waals surface area contributed by atoms with E-state index in [9.17, 15) is 13.2 Å². The van der Waals surface area contributed by atoms with E-state index in [-0.39, 0.29) is 16.6 Å². The van der Waals surface area contributed by atoms with Crippen LogP contribution in [-0.2, 0) is 6.18 Å². The highest BCUT2D eigenvalue weighted by molar-refractivity contribution is 6.32. The molecule has 0 aromatic carbocycles. The summed E-state index contributed by atoms with van der Waals surface area (Å²) in [6, 6.07) is 1.35. The van der Waals surface area contributed by atoms with Crippen LogP contribution in [0.1, 0.15) is 5.82 Å². The molecule has 1 N–H and O–H groups in total. The molecule has 0 atom stereocenters. The minimum atomic E-state index is -4.49. The van der Waals surface area contributed by atoms with Crippen LogP contribution >= 0.6 is 0 Å². The minimum absolute atomic E-state index is 0.00604. The molecule has 0 aliphatic carbocycles. The van der Waals surface area contributed by atoms with Gasteiger partial charge in [0, 0.05) is 6.20 Å². The lowest BCUT2D eigenvalue weighted by molar-refractivity contribution is -0.144. The fraction of sp³-hybridized carbons (Fsp3) is 0.143. The summed E-state index contributed by atoms with van der Waals surface area (Å²) in [7, 11) is 5.35. The van der Waals surface area contributed by atoms with E-state index < -0.39 is 12.0 Å². The normalized spacial score (nSPS) is 12.2. The standard InChI is InChI=1S/C7H3BF3N3/c8-3-1-4-5(12-2-3)14-6(13-4)7(9,10)11/h1-2H,(H,12,13,14). The number of pyridine rings is 1. The Kier molecular flexibility index (Phi) is 1.76. The number of aromatic amines is 1. The summed E-state index contributed by atoms with van der Waals surface area (Å²) < 4.78 is 36.5. The number of alkyl halides is 3. The van der Waals surface area contributed by atoms with Gasteiger partial charge in [-0.1, -0.05) is 5.46 Å². The van der Waals surface area contributed by atoms with Crippen molar-refractivity contribution in [3.05, 3.63) is 18.1 Å². The Balaban J connectivity index is 2.63. The SMILES string of the molecule is [B]c1cnc2nc(C(F)(F)F)[nH]c2c1. The van der Waals surface area contributed by atoms with Crippen LogP contribution in [0.4, 0.5) is 13.2 Å². The molecule has 70 valence electrons. The van der Waals surface area contributed by atoms with E-state index in [1.165, 1.54) is 12.3 Å². The summed E-state index contributed by atoms with van der Waals surface area (Å²) in [5.74, 6) is -1.06. The largest absolute Gasteiger partial charge is 0.449 e. The lowest BCUT2D eigenvalue weighted by atomic mass is 9.99. The van der Waals surface area contributed by atoms with Gasteiger partial charge in [0.05, 0.1) is 5.52 Å². The molecule has 2 radical (unpaired) electrons. The number of fused-ring (bicyclic) bond motifs is 1. The van der Waals surface area contributed by atoms with Gasteiger partial charge in [-0.3, -0.25) is 0 Å². The summed E-state index contributed by atoms with van der Waals surface area (Å²) in [6.07, 6.45) is -3.24. The molecular formula is C7H3BF3N3. The van der Waals surface area contributed by atoms with Gasteiger partial charge in [0.25, 0.3) is 0 Å². The third kappa shape index (κ3) is 1.45. The second-order valence-electron chi connectivity index (χ2n) is 2.72. The zero-order chi connectivity index (χ0) is 10.3. The molecule has 2 heterocycles. The smallest absolute Gasteiger partial charge is 0.333 e. The molecule has 14 heavy (non-hydrogen) atoms. The Hall–Kier alpha value is -1.53. The van der Waals surface area contributed by atoms with E-state index in [1.807, 2.05) is 0 Å². The zero-order valence-electron chi connectivity index (χ0n) is 6.76. The van der Waals surface area contributed by atoms with Gasteiger partial charge in [-0.2, -0.15) is 13.2 Å². The molecule has 0 bridgehead atoms. The predicted molar refractivity (Wildman–Crippen MR) is 44.3 cm³/mol. The average molecular weight is 197 g/mol. The fourth-order valence-corrected chi connectivity index (χ4v) is 1.05. The van der Waals surface area contributed by atoms with Crippen LogP contribution in [0, 0.1) is 0 Å². The number of aromatic nitrogens is 3. The summed E-state index contributed by atoms with van der Waals surface area (Å²) >= 11 is 0. The summed E-state index contributed by atoms with van der Waals surface area (Å²) in [4.78, 5) is 9.02. The van der Waals surface area contributed by atoms with E-state index in [2.05, 4.69) is 15.0 Å². The van der Waals surface area contributed by atoms with Gasteiger partial charge in [-0.25, -0.2) is 9.97 Å². The molecule has 2 aromatic heterocycles. The first-order valence-corrected chi connectivity index (χ1v) is 3.65. The third-order valence-electron chi connectivity index (χ3n) is 1.63. The number of H-pyrrole nitrogens is 1. The van der Waals surface area contributed by atoms with Crippen LogP contribution in [0.15, 0.2) is 12.3 Å². The molecule has 3 nitrogen and oxygen atoms in total. The number of hydrogen-bond donors (Lipinski definition) is 1. The van der Waals surface area contributed by atoms with Gasteiger partial charge < -0.3 is 4.98 Å². The lowest BCUT2D eigenvalue weighted by Gasteiger charge is -1.98. The molecule has 2 aromatic rings. The highest BCUT2D eigenvalue weighted by Crippen LogP contribution is 2.27. The van der Waals surface area contributed by atoms with Gasteiger partial charge in [-0.15, -0.1) is 0 Å². The van der Waals surface area contributed by atoms with Crippen molar-refractivity contribution < 1.29 is 13.2 Å². The van der Waals surface area contributed by atoms with Crippen LogP contribution in [0.25, 0.3) is 11.2 Å². The van der Waals surface area contributed by atoms with Gasteiger partial charge in [-0.05, 0) is 6.07 Å². The molecule has 2 rings (SSSR count). The molecule has 0 saturated carbocycles. The van der Waals surface area contributed by atoms with Gasteiger partial charge in [0.2, 0.25) is 5.82 Å². The Bertz CT molecular complexity index is 476. The number of nitrogens with zero attached hydrogens (tertiary/aromatic N) is 2. The van der Waals surface area contributed by atoms with Gasteiger partial charge >= 0.3 is 6.18 Å². The van der Waals surface area contributed by atoms with Gasteiger partial charge in [0.15, 0.2) is 5.65 Å². The Morgan fingerprint density at radius 2 is 2.07 bits per heavy atom. The van der Waals surface area contributed by atoms with Crippen LogP contribution in [-0.4, -0.2) is 22.8 Å². The van der Waals surface area contributed by atoms with Crippen molar-refractivity contribution in [1.82, 2.24) is 15.0 Å². The highest BCUT2D eigenvalue weighted by atomic mass is 19.4. The summed E-state index contributed by atoms with van der Waals surface area (Å²) in [5, 5.41) is 0. The Labute approximate surface area is 77.8 Å². The molecule has 0 unspecified atom stereocenters. The van der Waals surface area contributed by atoms with Crippen molar-refractivity contribution in [2.45, 2.75) is 6.18 Å². The number of imidazole rings is 1. The Morgan fingerprint density at radius 1 is 1.36 bits per heavy atom. The molecule has 0 amide bonds. The van der Waals surface area contributed by atoms with E-state index in [4.69, 9.17) is 7.85 Å². The molecule has 7 heteroatoms. The molecular weight excluding hydrogens is 194 g/mol. The van der Waals surface area contributed by atoms with E-state index in [0.29, 0.717) is 0 Å². The lowest BCUT2D eigenvalue weighted by Crippen LogP contribution is -2.06. The van der Waals surface area contributed by atoms with Crippen molar-refractivity contribution in [2.75, 3.05) is 0 Å². The maximum absolute atomic E-state index is 12.2. The molecule has 0 aliphatic rings. The highest BCUT2D eigenvalue weighted by Gasteiger charge is 2.34. The fourth-order valence-electron chi connectivity index (χ4n) is 1.05. The molecule has 0 aliphatic heterocycles. The predicted octanol–water partition coefficient (Wildman–Crippen LogP) is 0.771. The van der Waals surface area contributed by atoms with E-state index in [1.54, 1.807) is 0 Å². The monoisotopic (exact) mass is 197 g/mol. The number of hydrogen-bond acceptors (Lipinski definition) is 2. The number of halogens is 3. The van der Waals surface area contributed by atoms with Crippen LogP contribution < -0.4 is 5.46 Å². The maximum Gasteiger partial charge on any atom is 0.449 e. The van der Waals surface area contributed by atoms with E-state index >= 15 is 0 Å². The Morgan fingerprint density at radius 3 is 2.71 bits per heavy atom. The van der Waals surface area contributed by atoms with Crippen molar-refractivity contribution in [2.24, 2.45) is 0 Å². The molecule has 0 spiro atoms. The average Bonchev–Trinajstić information content (AvgIpc) is 2.45. The van der Waals surface area contributed by atoms with Crippen LogP contribution in [0.5, 0.6) is 0 Å². The first-order valence-electron chi connectivity index (χ1n) is 3.65. The quantitative estimate of drug-likeness (QED) is 0.633. The summed E-state index contributed by atoms with van der Waals surface area (Å²) in [6.45, 7) is 0. The van der Waals surface area contributed by atoms with E-state index in [0.717, 1.165) is 0 Å². The zero-order valence-corrected chi connectivity index (χ0v) is 6.76. The van der Waals surface area contributed by atoms with Crippen molar-refractivity contribution in [1.29, 1.82) is 0 Å². The van der Waals surface area contributed by atoms with Crippen LogP contribution in [0.3, 0.4) is 0 Å². The van der Waals surface area contributed by atoms with Crippen molar-refractivity contribution in [3.63, 3.8) is 0 Å². The summed E-state index contributed by atoms with van der Waals surface area (Å²) in [5.41, 5.74) is 0.471. The van der Waals surface area contributed by atoms with Crippen LogP contribution in [0.2, 0.25) is 0 Å². The second-order valence-corrected chi connectivity index (χ2v) is 2.72. The number of rotatable bonds is 0. The first-order chi connectivity index (χ1) is 6.47. The maximum atomic E-state index is 12.2. The third-order valence-corrected chi connectivity index (χ3v) is 1.63. The van der Waals surface area contributed by atoms with Crippen molar-refractivity contribution >= 4 is 24.5 Å². The first kappa shape index (κ1) is 9.05. The minimum Gasteiger partial charge on any atom is -0.333 e. The number of nitrogens with one attached hydrogen (secondary N) is 1. The van der Waals surface area contributed by atoms with Crippen molar-refractivity contribution in [3.8, 4) is 0 Å². The molecule has 0 fully saturated rings. The molecule has 0 saturated heterocycles. The second kappa shape index (κ2) is 2.73. The topological polar surface area (TPSA) is 41.6 Å².